The number of carbonyl (C=O) groups is 2. The Balaban J connectivity index is 1.76. The molecule has 0 aliphatic carbocycles. The van der Waals surface area contributed by atoms with Gasteiger partial charge in [-0.1, -0.05) is 18.2 Å². The first-order valence-corrected chi connectivity index (χ1v) is 7.37. The van der Waals surface area contributed by atoms with Gasteiger partial charge in [-0.3, -0.25) is 9.59 Å². The van der Waals surface area contributed by atoms with Crippen LogP contribution in [-0.2, 0) is 9.59 Å². The van der Waals surface area contributed by atoms with Gasteiger partial charge in [0, 0.05) is 58.8 Å². The smallest absolute Gasteiger partial charge is 0.224 e. The third kappa shape index (κ3) is 4.21. The first-order chi connectivity index (χ1) is 10.1. The standard InChI is InChI=1S/C16H23N3O2/c1-14(20)18-10-12-19(13-11-18)16(21)8-9-17(2)15-6-4-3-5-7-15/h3-7H,8-13H2,1-2H3. The van der Waals surface area contributed by atoms with Crippen LogP contribution in [0, 0.1) is 0 Å². The summed E-state index contributed by atoms with van der Waals surface area (Å²) >= 11 is 0. The van der Waals surface area contributed by atoms with Crippen LogP contribution in [0.25, 0.3) is 0 Å². The molecule has 0 unspecified atom stereocenters. The van der Waals surface area contributed by atoms with Crippen LogP contribution in [0.4, 0.5) is 5.69 Å². The Morgan fingerprint density at radius 2 is 1.62 bits per heavy atom. The van der Waals surface area contributed by atoms with E-state index in [-0.39, 0.29) is 11.8 Å². The highest BCUT2D eigenvalue weighted by Gasteiger charge is 2.22. The summed E-state index contributed by atoms with van der Waals surface area (Å²) in [5, 5.41) is 0. The molecule has 21 heavy (non-hydrogen) atoms. The number of nitrogens with zero attached hydrogens (tertiary/aromatic N) is 3. The first kappa shape index (κ1) is 15.4. The van der Waals surface area contributed by atoms with E-state index in [1.54, 1.807) is 11.8 Å². The number of anilines is 1. The molecule has 2 amide bonds. The zero-order valence-corrected chi connectivity index (χ0v) is 12.8. The normalized spacial score (nSPS) is 15.0. The zero-order valence-electron chi connectivity index (χ0n) is 12.8. The minimum atomic E-state index is 0.0888. The summed E-state index contributed by atoms with van der Waals surface area (Å²) in [6.07, 6.45) is 0.505. The van der Waals surface area contributed by atoms with Crippen molar-refractivity contribution in [3.63, 3.8) is 0 Å². The van der Waals surface area contributed by atoms with E-state index in [0.29, 0.717) is 39.1 Å². The van der Waals surface area contributed by atoms with Gasteiger partial charge in [0.1, 0.15) is 0 Å². The molecule has 0 aromatic heterocycles. The van der Waals surface area contributed by atoms with Crippen LogP contribution >= 0.6 is 0 Å². The maximum Gasteiger partial charge on any atom is 0.224 e. The van der Waals surface area contributed by atoms with E-state index in [0.717, 1.165) is 5.69 Å². The van der Waals surface area contributed by atoms with E-state index in [4.69, 9.17) is 0 Å². The molecule has 1 aliphatic rings. The van der Waals surface area contributed by atoms with E-state index in [1.165, 1.54) is 0 Å². The third-order valence-corrected chi connectivity index (χ3v) is 3.94. The van der Waals surface area contributed by atoms with Crippen LogP contribution in [0.2, 0.25) is 0 Å². The molecule has 1 aromatic carbocycles. The van der Waals surface area contributed by atoms with Gasteiger partial charge in [-0.05, 0) is 12.1 Å². The predicted molar refractivity (Wildman–Crippen MR) is 83.2 cm³/mol. The maximum atomic E-state index is 12.2. The van der Waals surface area contributed by atoms with Crippen molar-refractivity contribution in [1.82, 2.24) is 9.80 Å². The molecule has 0 saturated carbocycles. The van der Waals surface area contributed by atoms with Crippen molar-refractivity contribution in [3.8, 4) is 0 Å². The fourth-order valence-electron chi connectivity index (χ4n) is 2.50. The second kappa shape index (κ2) is 7.11. The van der Waals surface area contributed by atoms with Crippen molar-refractivity contribution in [2.75, 3.05) is 44.7 Å². The van der Waals surface area contributed by atoms with Crippen LogP contribution in [0.15, 0.2) is 30.3 Å². The summed E-state index contributed by atoms with van der Waals surface area (Å²) in [4.78, 5) is 29.2. The summed E-state index contributed by atoms with van der Waals surface area (Å²) in [6.45, 7) is 4.87. The van der Waals surface area contributed by atoms with Crippen molar-refractivity contribution in [3.05, 3.63) is 30.3 Å². The molecule has 1 fully saturated rings. The lowest BCUT2D eigenvalue weighted by atomic mass is 10.2. The number of benzene rings is 1. The summed E-state index contributed by atoms with van der Waals surface area (Å²) in [5.74, 6) is 0.256. The molecular formula is C16H23N3O2. The van der Waals surface area contributed by atoms with E-state index in [1.807, 2.05) is 42.3 Å². The molecule has 0 atom stereocenters. The SMILES string of the molecule is CC(=O)N1CCN(C(=O)CCN(C)c2ccccc2)CC1. The molecule has 1 heterocycles. The largest absolute Gasteiger partial charge is 0.374 e. The summed E-state index contributed by atoms with van der Waals surface area (Å²) in [7, 11) is 2.00. The Kier molecular flexibility index (Phi) is 5.20. The van der Waals surface area contributed by atoms with Crippen LogP contribution in [0.3, 0.4) is 0 Å². The number of carbonyl (C=O) groups excluding carboxylic acids is 2. The number of piperazine rings is 1. The van der Waals surface area contributed by atoms with Gasteiger partial charge in [-0.25, -0.2) is 0 Å². The number of rotatable bonds is 4. The van der Waals surface area contributed by atoms with Crippen molar-refractivity contribution < 1.29 is 9.59 Å². The molecule has 0 spiro atoms. The van der Waals surface area contributed by atoms with E-state index < -0.39 is 0 Å². The maximum absolute atomic E-state index is 12.2. The van der Waals surface area contributed by atoms with Gasteiger partial charge < -0.3 is 14.7 Å². The Bertz CT molecular complexity index is 482. The lowest BCUT2D eigenvalue weighted by Crippen LogP contribution is -2.50. The van der Waals surface area contributed by atoms with E-state index in [2.05, 4.69) is 4.90 Å². The Morgan fingerprint density at radius 3 is 2.19 bits per heavy atom. The van der Waals surface area contributed by atoms with Crippen molar-refractivity contribution in [2.24, 2.45) is 0 Å². The van der Waals surface area contributed by atoms with Gasteiger partial charge in [0.15, 0.2) is 0 Å². The zero-order chi connectivity index (χ0) is 15.2. The van der Waals surface area contributed by atoms with Crippen molar-refractivity contribution >= 4 is 17.5 Å². The summed E-state index contributed by atoms with van der Waals surface area (Å²) < 4.78 is 0. The lowest BCUT2D eigenvalue weighted by molar-refractivity contribution is -0.138. The molecule has 114 valence electrons. The average molecular weight is 289 g/mol. The number of para-hydroxylation sites is 1. The van der Waals surface area contributed by atoms with Crippen molar-refractivity contribution in [2.45, 2.75) is 13.3 Å². The Morgan fingerprint density at radius 1 is 1.05 bits per heavy atom. The van der Waals surface area contributed by atoms with E-state index in [9.17, 15) is 9.59 Å². The molecule has 1 aromatic rings. The molecule has 5 heteroatoms. The molecule has 1 saturated heterocycles. The van der Waals surface area contributed by atoms with Crippen LogP contribution < -0.4 is 4.90 Å². The Labute approximate surface area is 126 Å². The van der Waals surface area contributed by atoms with Gasteiger partial charge in [0.05, 0.1) is 0 Å². The molecule has 1 aliphatic heterocycles. The fraction of sp³-hybridized carbons (Fsp3) is 0.500. The monoisotopic (exact) mass is 289 g/mol. The molecule has 2 rings (SSSR count). The van der Waals surface area contributed by atoms with Crippen LogP contribution in [0.1, 0.15) is 13.3 Å². The van der Waals surface area contributed by atoms with Gasteiger partial charge in [0.25, 0.3) is 0 Å². The molecule has 5 nitrogen and oxygen atoms in total. The van der Waals surface area contributed by atoms with Gasteiger partial charge in [-0.2, -0.15) is 0 Å². The van der Waals surface area contributed by atoms with Crippen LogP contribution in [0.5, 0.6) is 0 Å². The van der Waals surface area contributed by atoms with Crippen LogP contribution in [-0.4, -0.2) is 61.4 Å². The quantitative estimate of drug-likeness (QED) is 0.836. The molecule has 0 N–H and O–H groups in total. The number of hydrogen-bond donors (Lipinski definition) is 0. The number of hydrogen-bond acceptors (Lipinski definition) is 3. The fourth-order valence-corrected chi connectivity index (χ4v) is 2.50. The second-order valence-corrected chi connectivity index (χ2v) is 5.39. The van der Waals surface area contributed by atoms with E-state index >= 15 is 0 Å². The highest BCUT2D eigenvalue weighted by Crippen LogP contribution is 2.12. The molecule has 0 radical (unpaired) electrons. The molecular weight excluding hydrogens is 266 g/mol. The number of amides is 2. The van der Waals surface area contributed by atoms with Gasteiger partial charge >= 0.3 is 0 Å². The van der Waals surface area contributed by atoms with Crippen molar-refractivity contribution in [1.29, 1.82) is 0 Å². The highest BCUT2D eigenvalue weighted by atomic mass is 16.2. The first-order valence-electron chi connectivity index (χ1n) is 7.37. The topological polar surface area (TPSA) is 43.9 Å². The van der Waals surface area contributed by atoms with Gasteiger partial charge in [0.2, 0.25) is 11.8 Å². The highest BCUT2D eigenvalue weighted by molar-refractivity contribution is 5.78. The third-order valence-electron chi connectivity index (χ3n) is 3.94. The second-order valence-electron chi connectivity index (χ2n) is 5.39. The summed E-state index contributed by atoms with van der Waals surface area (Å²) in [5.41, 5.74) is 1.12. The lowest BCUT2D eigenvalue weighted by Gasteiger charge is -2.34. The minimum absolute atomic E-state index is 0.0888. The predicted octanol–water partition coefficient (Wildman–Crippen LogP) is 1.20. The minimum Gasteiger partial charge on any atom is -0.374 e. The average Bonchev–Trinajstić information content (AvgIpc) is 2.53. The Hall–Kier alpha value is -2.04. The van der Waals surface area contributed by atoms with Gasteiger partial charge in [-0.15, -0.1) is 0 Å². The summed E-state index contributed by atoms with van der Waals surface area (Å²) in [6, 6.07) is 10.0. The molecule has 0 bridgehead atoms.